The molecule has 3 aromatic rings. The Bertz CT molecular complexity index is 1040. The second kappa shape index (κ2) is 6.44. The Balaban J connectivity index is 1.97. The van der Waals surface area contributed by atoms with Crippen LogP contribution in [0.4, 0.5) is 11.4 Å². The Hall–Kier alpha value is -3.07. The summed E-state index contributed by atoms with van der Waals surface area (Å²) in [6.07, 6.45) is 0. The number of nitrogens with zero attached hydrogens (tertiary/aromatic N) is 3. The fraction of sp³-hybridized carbons (Fsp3) is 0.0625. The number of azo groups is 1. The third-order valence-corrected chi connectivity index (χ3v) is 4.43. The first-order valence-electron chi connectivity index (χ1n) is 7.08. The lowest BCUT2D eigenvalue weighted by molar-refractivity contribution is -0.384. The molecule has 0 unspecified atom stereocenters. The maximum atomic E-state index is 12.1. The molecular weight excluding hydrogens is 392 g/mol. The Labute approximate surface area is 149 Å². The Morgan fingerprint density at radius 1 is 1.32 bits per heavy atom. The molecule has 0 spiro atoms. The van der Waals surface area contributed by atoms with Gasteiger partial charge in [0.25, 0.3) is 11.6 Å². The predicted molar refractivity (Wildman–Crippen MR) is 94.3 cm³/mol. The molecule has 0 aliphatic rings. The van der Waals surface area contributed by atoms with Crippen LogP contribution in [0.25, 0.3) is 10.9 Å². The van der Waals surface area contributed by atoms with Gasteiger partial charge in [0.1, 0.15) is 0 Å². The molecule has 0 radical (unpaired) electrons. The number of nitro groups is 1. The van der Waals surface area contributed by atoms with E-state index in [1.807, 2.05) is 6.92 Å². The van der Waals surface area contributed by atoms with Crippen LogP contribution in [-0.4, -0.2) is 20.9 Å². The molecule has 126 valence electrons. The smallest absolute Gasteiger partial charge is 0.295 e. The van der Waals surface area contributed by atoms with Gasteiger partial charge < -0.3 is 10.1 Å². The number of benzene rings is 2. The van der Waals surface area contributed by atoms with E-state index in [4.69, 9.17) is 0 Å². The summed E-state index contributed by atoms with van der Waals surface area (Å²) in [6, 6.07) is 8.78. The molecule has 8 nitrogen and oxygen atoms in total. The SMILES string of the molecule is Cc1cc2c(N=NC(=O)c3cccc([N+](=O)[O-])c3)c(O)[nH]c2cc1Br. The molecule has 9 heteroatoms. The van der Waals surface area contributed by atoms with Crippen LogP contribution in [0.3, 0.4) is 0 Å². The molecule has 1 aromatic heterocycles. The molecule has 3 rings (SSSR count). The van der Waals surface area contributed by atoms with Crippen molar-refractivity contribution in [1.29, 1.82) is 0 Å². The number of nitrogens with one attached hydrogen (secondary N) is 1. The van der Waals surface area contributed by atoms with Crippen LogP contribution >= 0.6 is 15.9 Å². The van der Waals surface area contributed by atoms with Crippen LogP contribution in [0.1, 0.15) is 15.9 Å². The zero-order valence-corrected chi connectivity index (χ0v) is 14.4. The number of hydrogen-bond acceptors (Lipinski definition) is 5. The van der Waals surface area contributed by atoms with Gasteiger partial charge in [-0.3, -0.25) is 14.9 Å². The number of carbonyl (C=O) groups is 1. The summed E-state index contributed by atoms with van der Waals surface area (Å²) in [6.45, 7) is 1.88. The second-order valence-electron chi connectivity index (χ2n) is 5.28. The van der Waals surface area contributed by atoms with Crippen LogP contribution in [0.2, 0.25) is 0 Å². The van der Waals surface area contributed by atoms with E-state index in [-0.39, 0.29) is 22.8 Å². The largest absolute Gasteiger partial charge is 0.493 e. The number of nitro benzene ring substituents is 1. The minimum atomic E-state index is -0.744. The standard InChI is InChI=1S/C16H11BrN4O4/c1-8-5-11-13(7-12(8)17)18-16(23)14(11)19-20-15(22)9-3-2-4-10(6-9)21(24)25/h2-7,18,23H,1H3. The van der Waals surface area contributed by atoms with Crippen LogP contribution in [0, 0.1) is 17.0 Å². The van der Waals surface area contributed by atoms with E-state index in [9.17, 15) is 20.0 Å². The molecule has 1 amide bonds. The number of H-pyrrole nitrogens is 1. The van der Waals surface area contributed by atoms with Gasteiger partial charge in [0.15, 0.2) is 5.69 Å². The number of aryl methyl sites for hydroxylation is 1. The van der Waals surface area contributed by atoms with Gasteiger partial charge in [-0.15, -0.1) is 10.2 Å². The molecule has 0 fully saturated rings. The Morgan fingerprint density at radius 3 is 2.80 bits per heavy atom. The average molecular weight is 403 g/mol. The molecule has 0 bridgehead atoms. The van der Waals surface area contributed by atoms with E-state index in [1.165, 1.54) is 18.2 Å². The van der Waals surface area contributed by atoms with Crippen LogP contribution in [0.15, 0.2) is 51.1 Å². The van der Waals surface area contributed by atoms with Gasteiger partial charge in [-0.1, -0.05) is 22.0 Å². The van der Waals surface area contributed by atoms with Crippen molar-refractivity contribution >= 4 is 44.1 Å². The number of non-ortho nitro benzene ring substituents is 1. The van der Waals surface area contributed by atoms with Gasteiger partial charge in [-0.05, 0) is 30.7 Å². The zero-order valence-electron chi connectivity index (χ0n) is 12.9. The number of fused-ring (bicyclic) bond motifs is 1. The number of aromatic nitrogens is 1. The highest BCUT2D eigenvalue weighted by molar-refractivity contribution is 9.10. The summed E-state index contributed by atoms with van der Waals surface area (Å²) >= 11 is 3.40. The molecule has 0 saturated carbocycles. The quantitative estimate of drug-likeness (QED) is 0.371. The van der Waals surface area contributed by atoms with E-state index >= 15 is 0 Å². The third-order valence-electron chi connectivity index (χ3n) is 3.58. The molecule has 0 aliphatic heterocycles. The lowest BCUT2D eigenvalue weighted by Crippen LogP contribution is -1.95. The van der Waals surface area contributed by atoms with Crippen LogP contribution < -0.4 is 0 Å². The van der Waals surface area contributed by atoms with Crippen molar-refractivity contribution < 1.29 is 14.8 Å². The number of aromatic amines is 1. The molecule has 1 heterocycles. The second-order valence-corrected chi connectivity index (χ2v) is 6.14. The molecule has 0 atom stereocenters. The highest BCUT2D eigenvalue weighted by Crippen LogP contribution is 2.37. The van der Waals surface area contributed by atoms with Crippen molar-refractivity contribution in [3.63, 3.8) is 0 Å². The normalized spacial score (nSPS) is 11.3. The number of amides is 1. The fourth-order valence-corrected chi connectivity index (χ4v) is 2.65. The molecule has 2 aromatic carbocycles. The van der Waals surface area contributed by atoms with E-state index in [0.29, 0.717) is 10.9 Å². The van der Waals surface area contributed by atoms with Crippen molar-refractivity contribution in [3.8, 4) is 5.88 Å². The van der Waals surface area contributed by atoms with Crippen LogP contribution in [0.5, 0.6) is 5.88 Å². The monoisotopic (exact) mass is 402 g/mol. The summed E-state index contributed by atoms with van der Waals surface area (Å²) in [5.74, 6) is -0.964. The number of halogens is 1. The highest BCUT2D eigenvalue weighted by Gasteiger charge is 2.14. The first-order chi connectivity index (χ1) is 11.9. The first kappa shape index (κ1) is 16.8. The van der Waals surface area contributed by atoms with E-state index < -0.39 is 10.8 Å². The predicted octanol–water partition coefficient (Wildman–Crippen LogP) is 4.78. The lowest BCUT2D eigenvalue weighted by atomic mass is 10.1. The topological polar surface area (TPSA) is 121 Å². The average Bonchev–Trinajstić information content (AvgIpc) is 2.87. The van der Waals surface area contributed by atoms with Crippen molar-refractivity contribution in [2.45, 2.75) is 6.92 Å². The summed E-state index contributed by atoms with van der Waals surface area (Å²) in [5.41, 5.74) is 1.51. The summed E-state index contributed by atoms with van der Waals surface area (Å²) < 4.78 is 0.859. The summed E-state index contributed by atoms with van der Waals surface area (Å²) in [5, 5.41) is 28.8. The van der Waals surface area contributed by atoms with Gasteiger partial charge >= 0.3 is 0 Å². The van der Waals surface area contributed by atoms with Crippen molar-refractivity contribution in [2.24, 2.45) is 10.2 Å². The number of hydrogen-bond donors (Lipinski definition) is 2. The molecule has 0 aliphatic carbocycles. The molecule has 25 heavy (non-hydrogen) atoms. The first-order valence-corrected chi connectivity index (χ1v) is 7.87. The fourth-order valence-electron chi connectivity index (χ4n) is 2.30. The van der Waals surface area contributed by atoms with Crippen molar-refractivity contribution in [3.05, 3.63) is 62.1 Å². The van der Waals surface area contributed by atoms with Gasteiger partial charge in [-0.2, -0.15) is 0 Å². The minimum Gasteiger partial charge on any atom is -0.493 e. The lowest BCUT2D eigenvalue weighted by Gasteiger charge is -1.98. The van der Waals surface area contributed by atoms with E-state index in [0.717, 1.165) is 16.1 Å². The van der Waals surface area contributed by atoms with E-state index in [2.05, 4.69) is 31.1 Å². The Kier molecular flexibility index (Phi) is 4.32. The van der Waals surface area contributed by atoms with E-state index in [1.54, 1.807) is 12.1 Å². The van der Waals surface area contributed by atoms with Gasteiger partial charge in [0.2, 0.25) is 5.88 Å². The maximum Gasteiger partial charge on any atom is 0.295 e. The number of carbonyl (C=O) groups excluding carboxylic acids is 1. The van der Waals surface area contributed by atoms with Gasteiger partial charge in [0, 0.05) is 22.0 Å². The van der Waals surface area contributed by atoms with Crippen molar-refractivity contribution in [2.75, 3.05) is 0 Å². The third kappa shape index (κ3) is 3.26. The van der Waals surface area contributed by atoms with Gasteiger partial charge in [-0.25, -0.2) is 0 Å². The zero-order chi connectivity index (χ0) is 18.1. The molecule has 2 N–H and O–H groups in total. The minimum absolute atomic E-state index is 0.0382. The van der Waals surface area contributed by atoms with Crippen LogP contribution in [-0.2, 0) is 0 Å². The Morgan fingerprint density at radius 2 is 2.08 bits per heavy atom. The molecular formula is C16H11BrN4O4. The number of rotatable bonds is 3. The summed E-state index contributed by atoms with van der Waals surface area (Å²) in [7, 11) is 0. The van der Waals surface area contributed by atoms with Gasteiger partial charge in [0.05, 0.1) is 16.0 Å². The molecule has 0 saturated heterocycles. The highest BCUT2D eigenvalue weighted by atomic mass is 79.9. The maximum absolute atomic E-state index is 12.1. The summed E-state index contributed by atoms with van der Waals surface area (Å²) in [4.78, 5) is 25.0. The number of aromatic hydroxyl groups is 1. The van der Waals surface area contributed by atoms with Crippen molar-refractivity contribution in [1.82, 2.24) is 4.98 Å².